The van der Waals surface area contributed by atoms with Crippen LogP contribution in [0.3, 0.4) is 0 Å². The van der Waals surface area contributed by atoms with Gasteiger partial charge in [0.05, 0.1) is 5.69 Å². The van der Waals surface area contributed by atoms with E-state index in [0.29, 0.717) is 5.15 Å². The van der Waals surface area contributed by atoms with Crippen molar-refractivity contribution in [3.63, 3.8) is 0 Å². The van der Waals surface area contributed by atoms with Crippen molar-refractivity contribution in [1.82, 2.24) is 9.38 Å². The highest BCUT2D eigenvalue weighted by molar-refractivity contribution is 6.29. The van der Waals surface area contributed by atoms with Gasteiger partial charge in [-0.1, -0.05) is 48.0 Å². The first-order valence-electron chi connectivity index (χ1n) is 5.03. The lowest BCUT2D eigenvalue weighted by Gasteiger charge is -1.94. The van der Waals surface area contributed by atoms with Gasteiger partial charge in [0.1, 0.15) is 10.8 Å². The van der Waals surface area contributed by atoms with E-state index in [0.717, 1.165) is 16.9 Å². The van der Waals surface area contributed by atoms with Crippen molar-refractivity contribution in [3.8, 4) is 11.3 Å². The fourth-order valence-corrected chi connectivity index (χ4v) is 1.93. The number of nitrogens with zero attached hydrogens (tertiary/aromatic N) is 2. The Hall–Kier alpha value is -1.80. The lowest BCUT2D eigenvalue weighted by molar-refractivity contribution is 1.19. The molecule has 0 unspecified atom stereocenters. The van der Waals surface area contributed by atoms with Crippen LogP contribution in [0, 0.1) is 0 Å². The van der Waals surface area contributed by atoms with Crippen LogP contribution in [0.1, 0.15) is 0 Å². The van der Waals surface area contributed by atoms with Gasteiger partial charge >= 0.3 is 0 Å². The van der Waals surface area contributed by atoms with Gasteiger partial charge in [0.25, 0.3) is 0 Å². The molecule has 0 bridgehead atoms. The molecule has 16 heavy (non-hydrogen) atoms. The summed E-state index contributed by atoms with van der Waals surface area (Å²) in [5.74, 6) is 0. The first-order valence-corrected chi connectivity index (χ1v) is 5.41. The molecule has 3 aromatic rings. The summed E-state index contributed by atoms with van der Waals surface area (Å²) in [7, 11) is 0. The van der Waals surface area contributed by atoms with Crippen LogP contribution in [0.2, 0.25) is 5.15 Å². The average Bonchev–Trinajstić information content (AvgIpc) is 2.76. The summed E-state index contributed by atoms with van der Waals surface area (Å²) in [6.45, 7) is 0. The molecule has 3 rings (SSSR count). The standard InChI is InChI=1S/C13H9ClN2/c14-12-7-4-8-13-15-11(9-16(12)13)10-5-2-1-3-6-10/h1-9H. The molecule has 0 saturated heterocycles. The Morgan fingerprint density at radius 2 is 1.75 bits per heavy atom. The van der Waals surface area contributed by atoms with E-state index < -0.39 is 0 Å². The summed E-state index contributed by atoms with van der Waals surface area (Å²) in [6, 6.07) is 15.8. The first kappa shape index (κ1) is 9.43. The van der Waals surface area contributed by atoms with Crippen LogP contribution in [0.5, 0.6) is 0 Å². The Morgan fingerprint density at radius 3 is 2.50 bits per heavy atom. The lowest BCUT2D eigenvalue weighted by atomic mass is 10.2. The molecule has 0 fully saturated rings. The molecule has 2 heterocycles. The zero-order valence-corrected chi connectivity index (χ0v) is 9.22. The van der Waals surface area contributed by atoms with E-state index in [-0.39, 0.29) is 0 Å². The number of benzene rings is 1. The maximum atomic E-state index is 6.08. The van der Waals surface area contributed by atoms with Crippen LogP contribution in [0.4, 0.5) is 0 Å². The second kappa shape index (κ2) is 3.65. The maximum Gasteiger partial charge on any atom is 0.138 e. The van der Waals surface area contributed by atoms with E-state index in [1.54, 1.807) is 0 Å². The van der Waals surface area contributed by atoms with E-state index in [9.17, 15) is 0 Å². The van der Waals surface area contributed by atoms with Gasteiger partial charge < -0.3 is 0 Å². The lowest BCUT2D eigenvalue weighted by Crippen LogP contribution is -1.82. The summed E-state index contributed by atoms with van der Waals surface area (Å²) in [6.07, 6.45) is 1.95. The topological polar surface area (TPSA) is 17.3 Å². The summed E-state index contributed by atoms with van der Waals surface area (Å²) >= 11 is 6.08. The molecule has 1 aromatic carbocycles. The quantitative estimate of drug-likeness (QED) is 0.581. The number of hydrogen-bond acceptors (Lipinski definition) is 1. The fourth-order valence-electron chi connectivity index (χ4n) is 1.73. The Balaban J connectivity index is 2.23. The monoisotopic (exact) mass is 228 g/mol. The van der Waals surface area contributed by atoms with Crippen molar-refractivity contribution in [3.05, 3.63) is 59.9 Å². The molecule has 2 nitrogen and oxygen atoms in total. The third-order valence-electron chi connectivity index (χ3n) is 2.51. The predicted octanol–water partition coefficient (Wildman–Crippen LogP) is 3.65. The van der Waals surface area contributed by atoms with Crippen molar-refractivity contribution in [2.24, 2.45) is 0 Å². The van der Waals surface area contributed by atoms with Gasteiger partial charge in [-0.05, 0) is 12.1 Å². The number of pyridine rings is 1. The molecular formula is C13H9ClN2. The van der Waals surface area contributed by atoms with Crippen molar-refractivity contribution < 1.29 is 0 Å². The van der Waals surface area contributed by atoms with Crippen molar-refractivity contribution in [2.75, 3.05) is 0 Å². The zero-order chi connectivity index (χ0) is 11.0. The normalized spacial score (nSPS) is 10.8. The van der Waals surface area contributed by atoms with Gasteiger partial charge in [-0.15, -0.1) is 0 Å². The molecule has 0 aliphatic heterocycles. The Kier molecular flexibility index (Phi) is 2.15. The van der Waals surface area contributed by atoms with E-state index in [1.807, 2.05) is 59.1 Å². The smallest absolute Gasteiger partial charge is 0.138 e. The molecule has 0 amide bonds. The van der Waals surface area contributed by atoms with Gasteiger partial charge in [-0.25, -0.2) is 4.98 Å². The second-order valence-corrected chi connectivity index (χ2v) is 3.96. The number of hydrogen-bond donors (Lipinski definition) is 0. The van der Waals surface area contributed by atoms with Crippen LogP contribution in [0.15, 0.2) is 54.7 Å². The fraction of sp³-hybridized carbons (Fsp3) is 0. The van der Waals surface area contributed by atoms with E-state index >= 15 is 0 Å². The van der Waals surface area contributed by atoms with Gasteiger partial charge in [-0.2, -0.15) is 0 Å². The first-order chi connectivity index (χ1) is 7.84. The number of imidazole rings is 1. The third kappa shape index (κ3) is 1.48. The molecule has 0 aliphatic rings. The van der Waals surface area contributed by atoms with Crippen LogP contribution in [-0.4, -0.2) is 9.38 Å². The van der Waals surface area contributed by atoms with Crippen LogP contribution >= 0.6 is 11.6 Å². The predicted molar refractivity (Wildman–Crippen MR) is 65.6 cm³/mol. The number of fused-ring (bicyclic) bond motifs is 1. The number of halogens is 1. The third-order valence-corrected chi connectivity index (χ3v) is 2.82. The SMILES string of the molecule is Clc1cccc2nc(-c3ccccc3)cn12. The molecule has 0 saturated carbocycles. The largest absolute Gasteiger partial charge is 0.290 e. The van der Waals surface area contributed by atoms with Crippen LogP contribution in [-0.2, 0) is 0 Å². The highest BCUT2D eigenvalue weighted by atomic mass is 35.5. The van der Waals surface area contributed by atoms with Gasteiger partial charge in [0, 0.05) is 11.8 Å². The average molecular weight is 229 g/mol. The Morgan fingerprint density at radius 1 is 0.938 bits per heavy atom. The Bertz CT molecular complexity index is 629. The van der Waals surface area contributed by atoms with Crippen LogP contribution < -0.4 is 0 Å². The minimum atomic E-state index is 0.673. The molecule has 0 atom stereocenters. The molecule has 0 N–H and O–H groups in total. The summed E-state index contributed by atoms with van der Waals surface area (Å²) in [4.78, 5) is 4.52. The highest BCUT2D eigenvalue weighted by Crippen LogP contribution is 2.21. The molecule has 3 heteroatoms. The van der Waals surface area contributed by atoms with Gasteiger partial charge in [0.2, 0.25) is 0 Å². The number of aromatic nitrogens is 2. The van der Waals surface area contributed by atoms with Gasteiger partial charge in [0.15, 0.2) is 0 Å². The van der Waals surface area contributed by atoms with E-state index in [1.165, 1.54) is 0 Å². The summed E-state index contributed by atoms with van der Waals surface area (Å²) in [5, 5.41) is 0.673. The molecule has 78 valence electrons. The Labute approximate surface area is 98.1 Å². The van der Waals surface area contributed by atoms with E-state index in [2.05, 4.69) is 4.98 Å². The molecule has 2 aromatic heterocycles. The van der Waals surface area contributed by atoms with Crippen molar-refractivity contribution in [2.45, 2.75) is 0 Å². The maximum absolute atomic E-state index is 6.08. The minimum Gasteiger partial charge on any atom is -0.290 e. The zero-order valence-electron chi connectivity index (χ0n) is 8.47. The minimum absolute atomic E-state index is 0.673. The highest BCUT2D eigenvalue weighted by Gasteiger charge is 2.04. The second-order valence-electron chi connectivity index (χ2n) is 3.57. The molecule has 0 aliphatic carbocycles. The summed E-state index contributed by atoms with van der Waals surface area (Å²) < 4.78 is 1.88. The van der Waals surface area contributed by atoms with E-state index in [4.69, 9.17) is 11.6 Å². The number of rotatable bonds is 1. The van der Waals surface area contributed by atoms with Crippen LogP contribution in [0.25, 0.3) is 16.9 Å². The summed E-state index contributed by atoms with van der Waals surface area (Å²) in [5.41, 5.74) is 2.90. The van der Waals surface area contributed by atoms with Gasteiger partial charge in [-0.3, -0.25) is 4.40 Å². The molecular weight excluding hydrogens is 220 g/mol. The van der Waals surface area contributed by atoms with Crippen molar-refractivity contribution in [1.29, 1.82) is 0 Å². The molecule has 0 spiro atoms. The van der Waals surface area contributed by atoms with Crippen molar-refractivity contribution >= 4 is 17.2 Å². The molecule has 0 radical (unpaired) electrons.